The van der Waals surface area contributed by atoms with Gasteiger partial charge in [-0.3, -0.25) is 9.59 Å². The molecule has 26 heavy (non-hydrogen) atoms. The topological polar surface area (TPSA) is 75.7 Å². The SMILES string of the molecule is CC(=O)[C@@H]1CCCN1C(=O)C/C=C/[C@H](CC(C)C)NC(=O)OC(C)(C)C. The van der Waals surface area contributed by atoms with Crippen molar-refractivity contribution in [1.29, 1.82) is 0 Å². The van der Waals surface area contributed by atoms with Crippen LogP contribution in [0.1, 0.15) is 67.2 Å². The van der Waals surface area contributed by atoms with Crippen molar-refractivity contribution < 1.29 is 19.1 Å². The molecule has 6 nitrogen and oxygen atoms in total. The van der Waals surface area contributed by atoms with Crippen LogP contribution in [0.3, 0.4) is 0 Å². The maximum Gasteiger partial charge on any atom is 0.408 e. The molecule has 1 heterocycles. The number of nitrogens with one attached hydrogen (secondary N) is 1. The zero-order valence-corrected chi connectivity index (χ0v) is 17.0. The fourth-order valence-corrected chi connectivity index (χ4v) is 3.09. The second-order valence-corrected chi connectivity index (χ2v) is 8.37. The van der Waals surface area contributed by atoms with Gasteiger partial charge < -0.3 is 15.0 Å². The number of carbonyl (C=O) groups excluding carboxylic acids is 3. The summed E-state index contributed by atoms with van der Waals surface area (Å²) in [5, 5.41) is 2.85. The van der Waals surface area contributed by atoms with Crippen LogP contribution in [0.25, 0.3) is 0 Å². The molecule has 0 aromatic heterocycles. The first-order chi connectivity index (χ1) is 12.0. The molecule has 1 rings (SSSR count). The number of amides is 2. The van der Waals surface area contributed by atoms with Gasteiger partial charge in [-0.25, -0.2) is 4.79 Å². The first-order valence-electron chi connectivity index (χ1n) is 9.45. The van der Waals surface area contributed by atoms with E-state index in [0.717, 1.165) is 19.3 Å². The highest BCUT2D eigenvalue weighted by molar-refractivity contribution is 5.88. The second kappa shape index (κ2) is 9.74. The average Bonchev–Trinajstić information content (AvgIpc) is 2.93. The smallest absolute Gasteiger partial charge is 0.408 e. The maximum absolute atomic E-state index is 12.4. The molecular formula is C20H34N2O4. The van der Waals surface area contributed by atoms with Gasteiger partial charge in [0.05, 0.1) is 12.1 Å². The van der Waals surface area contributed by atoms with Crippen LogP contribution in [-0.2, 0) is 14.3 Å². The van der Waals surface area contributed by atoms with Gasteiger partial charge in [-0.1, -0.05) is 26.0 Å². The van der Waals surface area contributed by atoms with Crippen molar-refractivity contribution in [3.8, 4) is 0 Å². The Balaban J connectivity index is 2.62. The molecule has 6 heteroatoms. The summed E-state index contributed by atoms with van der Waals surface area (Å²) in [6.45, 7) is 11.8. The van der Waals surface area contributed by atoms with E-state index in [1.54, 1.807) is 11.0 Å². The largest absolute Gasteiger partial charge is 0.444 e. The number of ether oxygens (including phenoxy) is 1. The van der Waals surface area contributed by atoms with E-state index < -0.39 is 11.7 Å². The number of carbonyl (C=O) groups is 3. The zero-order valence-electron chi connectivity index (χ0n) is 17.0. The van der Waals surface area contributed by atoms with Crippen LogP contribution in [0, 0.1) is 5.92 Å². The lowest BCUT2D eigenvalue weighted by Gasteiger charge is -2.23. The third-order valence-electron chi connectivity index (χ3n) is 4.13. The number of ketones is 1. The van der Waals surface area contributed by atoms with E-state index in [0.29, 0.717) is 12.5 Å². The minimum atomic E-state index is -0.552. The lowest BCUT2D eigenvalue weighted by molar-refractivity contribution is -0.136. The van der Waals surface area contributed by atoms with Gasteiger partial charge in [0.1, 0.15) is 5.60 Å². The van der Waals surface area contributed by atoms with Crippen LogP contribution in [0.15, 0.2) is 12.2 Å². The van der Waals surface area contributed by atoms with E-state index in [1.807, 2.05) is 26.8 Å². The minimum Gasteiger partial charge on any atom is -0.444 e. The lowest BCUT2D eigenvalue weighted by Crippen LogP contribution is -2.39. The van der Waals surface area contributed by atoms with Crippen LogP contribution >= 0.6 is 0 Å². The van der Waals surface area contributed by atoms with Crippen molar-refractivity contribution in [2.45, 2.75) is 84.9 Å². The Bertz CT molecular complexity index is 534. The molecule has 0 aromatic carbocycles. The van der Waals surface area contributed by atoms with E-state index in [9.17, 15) is 14.4 Å². The predicted octanol–water partition coefficient (Wildman–Crippen LogP) is 3.45. The summed E-state index contributed by atoms with van der Waals surface area (Å²) in [6.07, 6.45) is 5.77. The summed E-state index contributed by atoms with van der Waals surface area (Å²) in [4.78, 5) is 37.7. The Kier molecular flexibility index (Phi) is 8.31. The summed E-state index contributed by atoms with van der Waals surface area (Å²) in [5.41, 5.74) is -0.552. The predicted molar refractivity (Wildman–Crippen MR) is 102 cm³/mol. The van der Waals surface area contributed by atoms with Crippen molar-refractivity contribution in [2.24, 2.45) is 5.92 Å². The number of rotatable bonds is 7. The first kappa shape index (κ1) is 22.2. The lowest BCUT2D eigenvalue weighted by atomic mass is 10.0. The first-order valence-corrected chi connectivity index (χ1v) is 9.45. The molecule has 0 aliphatic carbocycles. The Morgan fingerprint density at radius 1 is 1.27 bits per heavy atom. The molecule has 0 saturated carbocycles. The van der Waals surface area contributed by atoms with Crippen molar-refractivity contribution in [3.05, 3.63) is 12.2 Å². The van der Waals surface area contributed by atoms with Crippen LogP contribution in [0.5, 0.6) is 0 Å². The standard InChI is InChI=1S/C20H34N2O4/c1-14(2)13-16(21-19(25)26-20(4,5)6)9-7-11-18(24)22-12-8-10-17(22)15(3)23/h7,9,14,16-17H,8,10-13H2,1-6H3,(H,21,25)/b9-7+/t16-,17+/m1/s1. The molecule has 1 fully saturated rings. The maximum atomic E-state index is 12.4. The molecule has 0 unspecified atom stereocenters. The Labute approximate surface area is 157 Å². The molecule has 0 aromatic rings. The average molecular weight is 367 g/mol. The number of alkyl carbamates (subject to hydrolysis) is 1. The zero-order chi connectivity index (χ0) is 19.9. The van der Waals surface area contributed by atoms with Gasteiger partial charge in [0, 0.05) is 13.0 Å². The highest BCUT2D eigenvalue weighted by Crippen LogP contribution is 2.19. The van der Waals surface area contributed by atoms with Gasteiger partial charge in [0.2, 0.25) is 5.91 Å². The fourth-order valence-electron chi connectivity index (χ4n) is 3.09. The number of hydrogen-bond acceptors (Lipinski definition) is 4. The third kappa shape index (κ3) is 8.02. The van der Waals surface area contributed by atoms with E-state index in [1.165, 1.54) is 6.92 Å². The monoisotopic (exact) mass is 366 g/mol. The molecular weight excluding hydrogens is 332 g/mol. The summed E-state index contributed by atoms with van der Waals surface area (Å²) in [5.74, 6) is 0.389. The van der Waals surface area contributed by atoms with E-state index in [4.69, 9.17) is 4.74 Å². The van der Waals surface area contributed by atoms with Gasteiger partial charge in [-0.05, 0) is 52.9 Å². The quantitative estimate of drug-likeness (QED) is 0.700. The number of likely N-dealkylation sites (tertiary alicyclic amines) is 1. The van der Waals surface area contributed by atoms with Gasteiger partial charge in [0.15, 0.2) is 5.78 Å². The Morgan fingerprint density at radius 2 is 1.92 bits per heavy atom. The van der Waals surface area contributed by atoms with E-state index in [2.05, 4.69) is 19.2 Å². The number of hydrogen-bond donors (Lipinski definition) is 1. The van der Waals surface area contributed by atoms with Crippen molar-refractivity contribution >= 4 is 17.8 Å². The Morgan fingerprint density at radius 3 is 2.46 bits per heavy atom. The van der Waals surface area contributed by atoms with Gasteiger partial charge >= 0.3 is 6.09 Å². The molecule has 1 saturated heterocycles. The molecule has 0 bridgehead atoms. The summed E-state index contributed by atoms with van der Waals surface area (Å²) >= 11 is 0. The second-order valence-electron chi connectivity index (χ2n) is 8.37. The van der Waals surface area contributed by atoms with Gasteiger partial charge in [-0.2, -0.15) is 0 Å². The molecule has 0 spiro atoms. The molecule has 1 aliphatic heterocycles. The third-order valence-corrected chi connectivity index (χ3v) is 4.13. The molecule has 2 amide bonds. The van der Waals surface area contributed by atoms with Crippen molar-refractivity contribution in [1.82, 2.24) is 10.2 Å². The van der Waals surface area contributed by atoms with Gasteiger partial charge in [0.25, 0.3) is 0 Å². The Hall–Kier alpha value is -1.85. The fraction of sp³-hybridized carbons (Fsp3) is 0.750. The van der Waals surface area contributed by atoms with Crippen LogP contribution in [-0.4, -0.2) is 46.9 Å². The number of nitrogens with zero attached hydrogens (tertiary/aromatic N) is 1. The minimum absolute atomic E-state index is 0.0421. The summed E-state index contributed by atoms with van der Waals surface area (Å²) in [7, 11) is 0. The molecule has 2 atom stereocenters. The molecule has 0 radical (unpaired) electrons. The van der Waals surface area contributed by atoms with Crippen molar-refractivity contribution in [3.63, 3.8) is 0 Å². The summed E-state index contributed by atoms with van der Waals surface area (Å²) < 4.78 is 5.30. The summed E-state index contributed by atoms with van der Waals surface area (Å²) in [6, 6.07) is -0.470. The van der Waals surface area contributed by atoms with Crippen LogP contribution in [0.4, 0.5) is 4.79 Å². The van der Waals surface area contributed by atoms with E-state index in [-0.39, 0.29) is 30.2 Å². The molecule has 1 N–H and O–H groups in total. The van der Waals surface area contributed by atoms with E-state index >= 15 is 0 Å². The number of Topliss-reactive ketones (excluding diaryl/α,β-unsaturated/α-hetero) is 1. The highest BCUT2D eigenvalue weighted by Gasteiger charge is 2.31. The normalized spacial score (nSPS) is 19.0. The van der Waals surface area contributed by atoms with Crippen LogP contribution < -0.4 is 5.32 Å². The van der Waals surface area contributed by atoms with Crippen LogP contribution in [0.2, 0.25) is 0 Å². The highest BCUT2D eigenvalue weighted by atomic mass is 16.6. The van der Waals surface area contributed by atoms with Crippen molar-refractivity contribution in [2.75, 3.05) is 6.54 Å². The molecule has 1 aliphatic rings. The molecule has 148 valence electrons. The van der Waals surface area contributed by atoms with Gasteiger partial charge in [-0.15, -0.1) is 0 Å².